The predicted octanol–water partition coefficient (Wildman–Crippen LogP) is 3.66. The molecule has 1 fully saturated rings. The number of aryl methyl sites for hydroxylation is 1. The molecule has 0 aliphatic carbocycles. The van der Waals surface area contributed by atoms with Gasteiger partial charge in [0, 0.05) is 50.8 Å². The molecule has 0 saturated carbocycles. The van der Waals surface area contributed by atoms with Crippen LogP contribution in [0.25, 0.3) is 0 Å². The van der Waals surface area contributed by atoms with Crippen molar-refractivity contribution < 1.29 is 23.8 Å². The maximum absolute atomic E-state index is 13.3. The molecule has 1 aliphatic heterocycles. The highest BCUT2D eigenvalue weighted by atomic mass is 16.5. The summed E-state index contributed by atoms with van der Waals surface area (Å²) < 4.78 is 15.8. The monoisotopic (exact) mass is 468 g/mol. The summed E-state index contributed by atoms with van der Waals surface area (Å²) >= 11 is 0. The van der Waals surface area contributed by atoms with Crippen molar-refractivity contribution in [2.75, 3.05) is 54.1 Å². The lowest BCUT2D eigenvalue weighted by Crippen LogP contribution is -2.45. The lowest BCUT2D eigenvalue weighted by Gasteiger charge is -2.34. The van der Waals surface area contributed by atoms with Gasteiger partial charge in [0.25, 0.3) is 5.91 Å². The Kier molecular flexibility index (Phi) is 9.76. The highest BCUT2D eigenvalue weighted by Gasteiger charge is 2.30. The molecule has 0 atom stereocenters. The Labute approximate surface area is 202 Å². The average molecular weight is 469 g/mol. The summed E-state index contributed by atoms with van der Waals surface area (Å²) in [5, 5.41) is 0. The fourth-order valence-electron chi connectivity index (χ4n) is 4.35. The second kappa shape index (κ2) is 13.0. The van der Waals surface area contributed by atoms with Crippen LogP contribution in [0.2, 0.25) is 0 Å². The van der Waals surface area contributed by atoms with Crippen LogP contribution >= 0.6 is 0 Å². The van der Waals surface area contributed by atoms with Crippen LogP contribution in [0.5, 0.6) is 11.5 Å². The van der Waals surface area contributed by atoms with Crippen molar-refractivity contribution in [3.05, 3.63) is 59.7 Å². The molecule has 2 aromatic rings. The molecule has 2 amide bonds. The quantitative estimate of drug-likeness (QED) is 0.503. The Balaban J connectivity index is 1.56. The van der Waals surface area contributed by atoms with E-state index in [2.05, 4.69) is 12.1 Å². The molecule has 7 nitrogen and oxygen atoms in total. The number of hydrogen-bond donors (Lipinski definition) is 0. The van der Waals surface area contributed by atoms with Crippen molar-refractivity contribution >= 4 is 11.8 Å². The van der Waals surface area contributed by atoms with Crippen LogP contribution in [0.3, 0.4) is 0 Å². The van der Waals surface area contributed by atoms with Gasteiger partial charge >= 0.3 is 0 Å². The zero-order valence-corrected chi connectivity index (χ0v) is 20.5. The number of piperidine rings is 1. The third-order valence-corrected chi connectivity index (χ3v) is 6.34. The third kappa shape index (κ3) is 6.97. The molecule has 7 heteroatoms. The molecule has 3 rings (SSSR count). The van der Waals surface area contributed by atoms with Crippen molar-refractivity contribution in [1.82, 2.24) is 9.80 Å². The molecule has 1 heterocycles. The minimum absolute atomic E-state index is 0.0674. The summed E-state index contributed by atoms with van der Waals surface area (Å²) in [6.45, 7) is 2.92. The summed E-state index contributed by atoms with van der Waals surface area (Å²) in [6.07, 6.45) is 3.17. The van der Waals surface area contributed by atoms with E-state index in [1.54, 1.807) is 39.5 Å². The van der Waals surface area contributed by atoms with Gasteiger partial charge in [-0.05, 0) is 43.4 Å². The van der Waals surface area contributed by atoms with E-state index in [0.29, 0.717) is 62.7 Å². The zero-order chi connectivity index (χ0) is 24.3. The van der Waals surface area contributed by atoms with Gasteiger partial charge in [0.05, 0.1) is 20.8 Å². The molecular formula is C27H36N2O5. The van der Waals surface area contributed by atoms with Gasteiger partial charge in [-0.15, -0.1) is 0 Å². The SMILES string of the molecule is COCCN(CCCc1ccccc1)C(=O)C1CCN(C(=O)c2cc(OC)cc(OC)c2)CC1. The summed E-state index contributed by atoms with van der Waals surface area (Å²) in [7, 11) is 4.79. The summed E-state index contributed by atoms with van der Waals surface area (Å²) in [6, 6.07) is 15.5. The molecule has 2 aromatic carbocycles. The smallest absolute Gasteiger partial charge is 0.254 e. The number of carbonyl (C=O) groups is 2. The number of carbonyl (C=O) groups excluding carboxylic acids is 2. The molecule has 1 aliphatic rings. The normalized spacial score (nSPS) is 14.0. The Morgan fingerprint density at radius 2 is 1.59 bits per heavy atom. The number of ether oxygens (including phenoxy) is 3. The second-order valence-corrected chi connectivity index (χ2v) is 8.58. The molecule has 184 valence electrons. The van der Waals surface area contributed by atoms with Gasteiger partial charge in [0.2, 0.25) is 5.91 Å². The maximum atomic E-state index is 13.3. The van der Waals surface area contributed by atoms with E-state index in [1.165, 1.54) is 5.56 Å². The summed E-state index contributed by atoms with van der Waals surface area (Å²) in [4.78, 5) is 30.1. The summed E-state index contributed by atoms with van der Waals surface area (Å²) in [5.41, 5.74) is 1.81. The van der Waals surface area contributed by atoms with Crippen LogP contribution in [0.15, 0.2) is 48.5 Å². The fourth-order valence-corrected chi connectivity index (χ4v) is 4.35. The number of methoxy groups -OCH3 is 3. The minimum atomic E-state index is -0.0718. The molecule has 0 unspecified atom stereocenters. The Hall–Kier alpha value is -3.06. The van der Waals surface area contributed by atoms with Crippen molar-refractivity contribution in [3.63, 3.8) is 0 Å². The first-order valence-electron chi connectivity index (χ1n) is 11.9. The van der Waals surface area contributed by atoms with E-state index in [4.69, 9.17) is 14.2 Å². The van der Waals surface area contributed by atoms with Gasteiger partial charge in [-0.25, -0.2) is 0 Å². The van der Waals surface area contributed by atoms with Crippen LogP contribution < -0.4 is 9.47 Å². The van der Waals surface area contributed by atoms with Crippen LogP contribution in [0, 0.1) is 5.92 Å². The van der Waals surface area contributed by atoms with Gasteiger partial charge in [-0.1, -0.05) is 30.3 Å². The number of amides is 2. The first-order valence-corrected chi connectivity index (χ1v) is 11.9. The number of nitrogens with zero attached hydrogens (tertiary/aromatic N) is 2. The largest absolute Gasteiger partial charge is 0.497 e. The Morgan fingerprint density at radius 1 is 0.941 bits per heavy atom. The van der Waals surface area contributed by atoms with E-state index < -0.39 is 0 Å². The van der Waals surface area contributed by atoms with Crippen molar-refractivity contribution in [1.29, 1.82) is 0 Å². The van der Waals surface area contributed by atoms with E-state index in [1.807, 2.05) is 28.0 Å². The van der Waals surface area contributed by atoms with Gasteiger partial charge in [0.1, 0.15) is 11.5 Å². The van der Waals surface area contributed by atoms with Gasteiger partial charge < -0.3 is 24.0 Å². The summed E-state index contributed by atoms with van der Waals surface area (Å²) in [5.74, 6) is 1.19. The third-order valence-electron chi connectivity index (χ3n) is 6.34. The average Bonchev–Trinajstić information content (AvgIpc) is 2.90. The number of benzene rings is 2. The van der Waals surface area contributed by atoms with Crippen LogP contribution in [0.1, 0.15) is 35.2 Å². The van der Waals surface area contributed by atoms with Crippen molar-refractivity contribution in [2.24, 2.45) is 5.92 Å². The van der Waals surface area contributed by atoms with E-state index in [9.17, 15) is 9.59 Å². The molecule has 0 bridgehead atoms. The second-order valence-electron chi connectivity index (χ2n) is 8.58. The molecular weight excluding hydrogens is 432 g/mol. The van der Waals surface area contributed by atoms with Crippen molar-refractivity contribution in [2.45, 2.75) is 25.7 Å². The Morgan fingerprint density at radius 3 is 2.18 bits per heavy atom. The number of rotatable bonds is 11. The maximum Gasteiger partial charge on any atom is 0.254 e. The molecule has 34 heavy (non-hydrogen) atoms. The molecule has 0 spiro atoms. The topological polar surface area (TPSA) is 68.3 Å². The molecule has 1 saturated heterocycles. The lowest BCUT2D eigenvalue weighted by molar-refractivity contribution is -0.137. The fraction of sp³-hybridized carbons (Fsp3) is 0.481. The van der Waals surface area contributed by atoms with Gasteiger partial charge in [-0.3, -0.25) is 9.59 Å². The van der Waals surface area contributed by atoms with E-state index >= 15 is 0 Å². The molecule has 0 aromatic heterocycles. The van der Waals surface area contributed by atoms with Gasteiger partial charge in [-0.2, -0.15) is 0 Å². The number of hydrogen-bond acceptors (Lipinski definition) is 5. The van der Waals surface area contributed by atoms with Crippen LogP contribution in [0.4, 0.5) is 0 Å². The van der Waals surface area contributed by atoms with E-state index in [0.717, 1.165) is 12.8 Å². The van der Waals surface area contributed by atoms with Crippen LogP contribution in [-0.4, -0.2) is 75.7 Å². The van der Waals surface area contributed by atoms with Crippen LogP contribution in [-0.2, 0) is 16.0 Å². The molecule has 0 radical (unpaired) electrons. The van der Waals surface area contributed by atoms with E-state index in [-0.39, 0.29) is 17.7 Å². The predicted molar refractivity (Wildman–Crippen MR) is 131 cm³/mol. The van der Waals surface area contributed by atoms with Crippen molar-refractivity contribution in [3.8, 4) is 11.5 Å². The highest BCUT2D eigenvalue weighted by Crippen LogP contribution is 2.26. The first-order chi connectivity index (χ1) is 16.5. The Bertz CT molecular complexity index is 904. The lowest BCUT2D eigenvalue weighted by atomic mass is 9.94. The number of likely N-dealkylation sites (tertiary alicyclic amines) is 1. The standard InChI is InChI=1S/C27H36N2O5/c1-32-17-16-28(13-7-10-21-8-5-4-6-9-21)26(30)22-11-14-29(15-12-22)27(31)23-18-24(33-2)20-25(19-23)34-3/h4-6,8-9,18-20,22H,7,10-17H2,1-3H3. The minimum Gasteiger partial charge on any atom is -0.497 e. The molecule has 0 N–H and O–H groups in total. The highest BCUT2D eigenvalue weighted by molar-refractivity contribution is 5.95. The first kappa shape index (κ1) is 25.6. The zero-order valence-electron chi connectivity index (χ0n) is 20.5. The van der Waals surface area contributed by atoms with Gasteiger partial charge in [0.15, 0.2) is 0 Å².